The molecule has 0 radical (unpaired) electrons. The van der Waals surface area contributed by atoms with E-state index >= 15 is 0 Å². The van der Waals surface area contributed by atoms with E-state index in [4.69, 9.17) is 18.3 Å². The van der Waals surface area contributed by atoms with Gasteiger partial charge >= 0.3 is 17.2 Å². The molecule has 7 heteroatoms. The highest BCUT2D eigenvalue weighted by molar-refractivity contribution is 5.95. The maximum atomic E-state index is 12.6. The number of carbonyl (C=O) groups is 1. The van der Waals surface area contributed by atoms with Crippen LogP contribution in [0.15, 0.2) is 73.0 Å². The van der Waals surface area contributed by atoms with Gasteiger partial charge in [0.1, 0.15) is 22.5 Å². The number of ether oxygens (including phenoxy) is 2. The zero-order valence-corrected chi connectivity index (χ0v) is 17.3. The Hall–Kier alpha value is -3.87. The number of para-hydroxylation sites is 1. The monoisotopic (exact) mass is 420 g/mol. The summed E-state index contributed by atoms with van der Waals surface area (Å²) in [5.41, 5.74) is -0.483. The third kappa shape index (κ3) is 4.50. The van der Waals surface area contributed by atoms with Crippen LogP contribution in [0.2, 0.25) is 0 Å². The molecule has 0 bridgehead atoms. The molecule has 0 amide bonds. The first-order chi connectivity index (χ1) is 14.7. The van der Waals surface area contributed by atoms with Crippen molar-refractivity contribution in [2.45, 2.75) is 26.4 Å². The van der Waals surface area contributed by atoms with Gasteiger partial charge in [0.15, 0.2) is 6.61 Å². The average molecular weight is 420 g/mol. The molecule has 0 atom stereocenters. The topological polar surface area (TPSA) is 96.0 Å². The van der Waals surface area contributed by atoms with Gasteiger partial charge in [-0.05, 0) is 45.0 Å². The van der Waals surface area contributed by atoms with Gasteiger partial charge in [0.2, 0.25) is 0 Å². The molecule has 0 saturated heterocycles. The Balaban J connectivity index is 1.72. The van der Waals surface area contributed by atoms with Crippen LogP contribution in [-0.2, 0) is 9.53 Å². The van der Waals surface area contributed by atoms with Crippen molar-refractivity contribution in [2.75, 3.05) is 6.61 Å². The second-order valence-electron chi connectivity index (χ2n) is 8.00. The van der Waals surface area contributed by atoms with E-state index in [-0.39, 0.29) is 17.8 Å². The summed E-state index contributed by atoms with van der Waals surface area (Å²) in [7, 11) is 0. The molecule has 4 aromatic rings. The standard InChI is InChI=1S/C24H20O7/c1-24(2,3)31-22(26)13-28-15-8-9-16-17(12-21(25)29-20(16)11-15)18-10-14-6-4-5-7-19(14)30-23(18)27/h4-12H,13H2,1-3H3. The highest BCUT2D eigenvalue weighted by atomic mass is 16.6. The van der Waals surface area contributed by atoms with Crippen LogP contribution in [0.1, 0.15) is 20.8 Å². The van der Waals surface area contributed by atoms with Gasteiger partial charge in [-0.25, -0.2) is 14.4 Å². The Bertz CT molecular complexity index is 1400. The Morgan fingerprint density at radius 3 is 2.45 bits per heavy atom. The molecule has 7 nitrogen and oxygen atoms in total. The summed E-state index contributed by atoms with van der Waals surface area (Å²) in [6.45, 7) is 5.00. The summed E-state index contributed by atoms with van der Waals surface area (Å²) in [4.78, 5) is 36.6. The second-order valence-corrected chi connectivity index (χ2v) is 8.00. The van der Waals surface area contributed by atoms with Gasteiger partial charge < -0.3 is 18.3 Å². The number of rotatable bonds is 4. The molecule has 0 aliphatic rings. The fraction of sp³-hybridized carbons (Fsp3) is 0.208. The lowest BCUT2D eigenvalue weighted by atomic mass is 10.0. The van der Waals surface area contributed by atoms with E-state index in [1.807, 2.05) is 12.1 Å². The van der Waals surface area contributed by atoms with Crippen molar-refractivity contribution in [1.82, 2.24) is 0 Å². The van der Waals surface area contributed by atoms with Gasteiger partial charge in [0.05, 0.1) is 5.56 Å². The molecule has 2 aromatic carbocycles. The lowest BCUT2D eigenvalue weighted by molar-refractivity contribution is -0.157. The summed E-state index contributed by atoms with van der Waals surface area (Å²) in [5.74, 6) is -0.194. The number of benzene rings is 2. The van der Waals surface area contributed by atoms with Crippen LogP contribution < -0.4 is 16.0 Å². The third-order valence-electron chi connectivity index (χ3n) is 4.42. The fourth-order valence-corrected chi connectivity index (χ4v) is 3.22. The van der Waals surface area contributed by atoms with Gasteiger partial charge in [-0.3, -0.25) is 0 Å². The summed E-state index contributed by atoms with van der Waals surface area (Å²) in [5, 5.41) is 1.27. The molecule has 0 unspecified atom stereocenters. The maximum absolute atomic E-state index is 12.6. The predicted molar refractivity (Wildman–Crippen MR) is 115 cm³/mol. The largest absolute Gasteiger partial charge is 0.482 e. The van der Waals surface area contributed by atoms with Crippen molar-refractivity contribution in [3.8, 4) is 16.9 Å². The SMILES string of the molecule is CC(C)(C)OC(=O)COc1ccc2c(-c3cc4ccccc4oc3=O)cc(=O)oc2c1. The summed E-state index contributed by atoms with van der Waals surface area (Å²) < 4.78 is 21.4. The molecule has 0 aliphatic carbocycles. The molecule has 0 N–H and O–H groups in total. The molecule has 0 saturated carbocycles. The summed E-state index contributed by atoms with van der Waals surface area (Å²) in [6, 6.07) is 14.8. The van der Waals surface area contributed by atoms with Gasteiger partial charge in [-0.1, -0.05) is 18.2 Å². The molecule has 31 heavy (non-hydrogen) atoms. The van der Waals surface area contributed by atoms with E-state index in [2.05, 4.69) is 0 Å². The first kappa shape index (κ1) is 20.4. The molecule has 2 aromatic heterocycles. The fourth-order valence-electron chi connectivity index (χ4n) is 3.22. The lowest BCUT2D eigenvalue weighted by Crippen LogP contribution is -2.27. The quantitative estimate of drug-likeness (QED) is 0.359. The van der Waals surface area contributed by atoms with Crippen LogP contribution in [-0.4, -0.2) is 18.2 Å². The van der Waals surface area contributed by atoms with Crippen LogP contribution in [0.5, 0.6) is 5.75 Å². The molecule has 0 aliphatic heterocycles. The minimum absolute atomic E-state index is 0.219. The van der Waals surface area contributed by atoms with E-state index in [9.17, 15) is 14.4 Å². The predicted octanol–water partition coefficient (Wildman–Crippen LogP) is 4.29. The first-order valence-corrected chi connectivity index (χ1v) is 9.65. The minimum atomic E-state index is -0.626. The van der Waals surface area contributed by atoms with Gasteiger partial charge in [0.25, 0.3) is 0 Å². The molecule has 2 heterocycles. The van der Waals surface area contributed by atoms with Crippen LogP contribution in [0.4, 0.5) is 0 Å². The number of carbonyl (C=O) groups excluding carboxylic acids is 1. The molecule has 4 rings (SSSR count). The lowest BCUT2D eigenvalue weighted by Gasteiger charge is -2.19. The van der Waals surface area contributed by atoms with Crippen molar-refractivity contribution >= 4 is 27.9 Å². The molecule has 0 spiro atoms. The maximum Gasteiger partial charge on any atom is 0.344 e. The van der Waals surface area contributed by atoms with E-state index in [1.54, 1.807) is 51.1 Å². The Kier molecular flexibility index (Phi) is 5.10. The van der Waals surface area contributed by atoms with Crippen molar-refractivity contribution < 1.29 is 23.1 Å². The normalized spacial score (nSPS) is 11.6. The van der Waals surface area contributed by atoms with Crippen LogP contribution in [0.25, 0.3) is 33.1 Å². The van der Waals surface area contributed by atoms with Crippen molar-refractivity contribution in [1.29, 1.82) is 0 Å². The number of esters is 1. The Labute approximate surface area is 176 Å². The van der Waals surface area contributed by atoms with E-state index in [1.165, 1.54) is 12.1 Å². The minimum Gasteiger partial charge on any atom is -0.482 e. The smallest absolute Gasteiger partial charge is 0.344 e. The van der Waals surface area contributed by atoms with Crippen molar-refractivity contribution in [3.05, 3.63) is 75.4 Å². The number of hydrogen-bond donors (Lipinski definition) is 0. The first-order valence-electron chi connectivity index (χ1n) is 9.65. The summed E-state index contributed by atoms with van der Waals surface area (Å²) in [6.07, 6.45) is 0. The molecular weight excluding hydrogens is 400 g/mol. The van der Waals surface area contributed by atoms with Crippen LogP contribution >= 0.6 is 0 Å². The van der Waals surface area contributed by atoms with E-state index in [0.717, 1.165) is 5.39 Å². The number of fused-ring (bicyclic) bond motifs is 2. The van der Waals surface area contributed by atoms with Gasteiger partial charge in [-0.15, -0.1) is 0 Å². The van der Waals surface area contributed by atoms with Gasteiger partial charge in [0, 0.05) is 28.5 Å². The zero-order valence-electron chi connectivity index (χ0n) is 17.3. The highest BCUT2D eigenvalue weighted by Gasteiger charge is 2.17. The van der Waals surface area contributed by atoms with E-state index in [0.29, 0.717) is 22.3 Å². The molecule has 0 fully saturated rings. The molecular formula is C24H20O7. The summed E-state index contributed by atoms with van der Waals surface area (Å²) >= 11 is 0. The number of hydrogen-bond acceptors (Lipinski definition) is 7. The van der Waals surface area contributed by atoms with Crippen LogP contribution in [0, 0.1) is 0 Å². The second kappa shape index (κ2) is 7.75. The van der Waals surface area contributed by atoms with Gasteiger partial charge in [-0.2, -0.15) is 0 Å². The molecule has 158 valence electrons. The highest BCUT2D eigenvalue weighted by Crippen LogP contribution is 2.29. The van der Waals surface area contributed by atoms with E-state index < -0.39 is 22.8 Å². The van der Waals surface area contributed by atoms with Crippen molar-refractivity contribution in [3.63, 3.8) is 0 Å². The third-order valence-corrected chi connectivity index (χ3v) is 4.42. The zero-order chi connectivity index (χ0) is 22.2. The average Bonchev–Trinajstić information content (AvgIpc) is 2.69. The Morgan fingerprint density at radius 1 is 0.903 bits per heavy atom. The van der Waals surface area contributed by atoms with Crippen LogP contribution in [0.3, 0.4) is 0 Å². The Morgan fingerprint density at radius 2 is 1.68 bits per heavy atom. The van der Waals surface area contributed by atoms with Crippen molar-refractivity contribution in [2.24, 2.45) is 0 Å².